The molecule has 0 radical (unpaired) electrons. The van der Waals surface area contributed by atoms with Gasteiger partial charge in [0.15, 0.2) is 5.96 Å². The van der Waals surface area contributed by atoms with Crippen LogP contribution in [0.15, 0.2) is 40.7 Å². The van der Waals surface area contributed by atoms with Gasteiger partial charge in [-0.1, -0.05) is 30.3 Å². The fourth-order valence-corrected chi connectivity index (χ4v) is 2.43. The number of aliphatic imine (C=N–C) groups is 1. The molecule has 2 rings (SSSR count). The number of hydrogen-bond acceptors (Lipinski definition) is 3. The molecule has 106 valence electrons. The van der Waals surface area contributed by atoms with E-state index in [1.165, 1.54) is 0 Å². The lowest BCUT2D eigenvalue weighted by Crippen LogP contribution is -2.44. The third kappa shape index (κ3) is 4.35. The van der Waals surface area contributed by atoms with Gasteiger partial charge in [0.2, 0.25) is 0 Å². The number of benzene rings is 1. The van der Waals surface area contributed by atoms with Crippen LogP contribution in [-0.4, -0.2) is 16.5 Å². The fraction of sp³-hybridized carbons (Fsp3) is 0.333. The summed E-state index contributed by atoms with van der Waals surface area (Å²) >= 11 is 1.60. The lowest BCUT2D eigenvalue weighted by atomic mass is 10.1. The number of thiazole rings is 1. The summed E-state index contributed by atoms with van der Waals surface area (Å²) < 4.78 is 0. The van der Waals surface area contributed by atoms with Gasteiger partial charge in [-0.15, -0.1) is 11.3 Å². The Morgan fingerprint density at radius 2 is 2.00 bits per heavy atom. The summed E-state index contributed by atoms with van der Waals surface area (Å²) in [5, 5.41) is 6.14. The van der Waals surface area contributed by atoms with E-state index in [1.807, 2.05) is 44.4 Å². The number of rotatable bonds is 3. The Labute approximate surface area is 123 Å². The molecule has 0 aliphatic rings. The number of nitrogens with one attached hydrogen (secondary N) is 1. The van der Waals surface area contributed by atoms with Gasteiger partial charge in [0.05, 0.1) is 12.2 Å². The van der Waals surface area contributed by atoms with Crippen molar-refractivity contribution in [3.05, 3.63) is 40.7 Å². The van der Waals surface area contributed by atoms with Gasteiger partial charge < -0.3 is 11.1 Å². The molecule has 1 heterocycles. The Bertz CT molecular complexity index is 581. The maximum atomic E-state index is 5.84. The van der Waals surface area contributed by atoms with Gasteiger partial charge in [0.25, 0.3) is 0 Å². The molecule has 1 aromatic heterocycles. The summed E-state index contributed by atoms with van der Waals surface area (Å²) in [4.78, 5) is 8.90. The Balaban J connectivity index is 2.02. The number of hydrogen-bond donors (Lipinski definition) is 2. The van der Waals surface area contributed by atoms with Crippen LogP contribution in [0.3, 0.4) is 0 Å². The first-order chi connectivity index (χ1) is 9.44. The first-order valence-corrected chi connectivity index (χ1v) is 7.40. The third-order valence-electron chi connectivity index (χ3n) is 2.51. The third-order valence-corrected chi connectivity index (χ3v) is 3.34. The van der Waals surface area contributed by atoms with Crippen molar-refractivity contribution in [3.8, 4) is 11.3 Å². The highest BCUT2D eigenvalue weighted by molar-refractivity contribution is 7.09. The topological polar surface area (TPSA) is 63.3 Å². The molecule has 0 saturated carbocycles. The Hall–Kier alpha value is -1.88. The second-order valence-electron chi connectivity index (χ2n) is 5.57. The quantitative estimate of drug-likeness (QED) is 0.674. The molecule has 4 nitrogen and oxygen atoms in total. The minimum atomic E-state index is -0.0777. The van der Waals surface area contributed by atoms with E-state index in [-0.39, 0.29) is 5.54 Å². The molecule has 0 aliphatic heterocycles. The van der Waals surface area contributed by atoms with E-state index >= 15 is 0 Å². The van der Waals surface area contributed by atoms with Crippen LogP contribution in [-0.2, 0) is 6.54 Å². The Morgan fingerprint density at radius 3 is 2.65 bits per heavy atom. The molecule has 20 heavy (non-hydrogen) atoms. The number of nitrogens with two attached hydrogens (primary N) is 1. The van der Waals surface area contributed by atoms with Crippen molar-refractivity contribution in [1.82, 2.24) is 10.3 Å². The van der Waals surface area contributed by atoms with Crippen molar-refractivity contribution < 1.29 is 0 Å². The normalized spacial score (nSPS) is 12.4. The molecule has 2 aromatic rings. The van der Waals surface area contributed by atoms with Gasteiger partial charge in [-0.05, 0) is 20.8 Å². The van der Waals surface area contributed by atoms with E-state index in [4.69, 9.17) is 5.73 Å². The van der Waals surface area contributed by atoms with Gasteiger partial charge in [-0.2, -0.15) is 0 Å². The van der Waals surface area contributed by atoms with Gasteiger partial charge in [-0.3, -0.25) is 0 Å². The molecule has 0 saturated heterocycles. The van der Waals surface area contributed by atoms with Crippen LogP contribution < -0.4 is 11.1 Å². The standard InChI is InChI=1S/C15H20N4S/c1-15(2,3)19-14(16)17-9-13-18-12(10-20-13)11-7-5-4-6-8-11/h4-8,10H,9H2,1-3H3,(H3,16,17,19). The molecular formula is C15H20N4S. The van der Waals surface area contributed by atoms with Crippen LogP contribution in [0, 0.1) is 0 Å². The zero-order chi connectivity index (χ0) is 14.6. The average Bonchev–Trinajstić information content (AvgIpc) is 2.84. The van der Waals surface area contributed by atoms with Crippen molar-refractivity contribution in [1.29, 1.82) is 0 Å². The second kappa shape index (κ2) is 6.05. The average molecular weight is 288 g/mol. The van der Waals surface area contributed by atoms with Crippen LogP contribution >= 0.6 is 11.3 Å². The second-order valence-corrected chi connectivity index (χ2v) is 6.51. The Kier molecular flexibility index (Phi) is 4.39. The highest BCUT2D eigenvalue weighted by Gasteiger charge is 2.10. The van der Waals surface area contributed by atoms with Crippen molar-refractivity contribution in [2.75, 3.05) is 0 Å². The van der Waals surface area contributed by atoms with Crippen LogP contribution in [0.25, 0.3) is 11.3 Å². The van der Waals surface area contributed by atoms with E-state index in [0.29, 0.717) is 12.5 Å². The molecule has 1 aromatic carbocycles. The monoisotopic (exact) mass is 288 g/mol. The first-order valence-electron chi connectivity index (χ1n) is 6.52. The highest BCUT2D eigenvalue weighted by Crippen LogP contribution is 2.21. The zero-order valence-electron chi connectivity index (χ0n) is 12.1. The van der Waals surface area contributed by atoms with Crippen molar-refractivity contribution in [2.45, 2.75) is 32.9 Å². The highest BCUT2D eigenvalue weighted by atomic mass is 32.1. The van der Waals surface area contributed by atoms with E-state index < -0.39 is 0 Å². The summed E-state index contributed by atoms with van der Waals surface area (Å²) in [6.45, 7) is 6.65. The number of guanidine groups is 1. The lowest BCUT2D eigenvalue weighted by molar-refractivity contribution is 0.508. The largest absolute Gasteiger partial charge is 0.370 e. The molecule has 0 spiro atoms. The zero-order valence-corrected chi connectivity index (χ0v) is 12.9. The van der Waals surface area contributed by atoms with Crippen LogP contribution in [0.4, 0.5) is 0 Å². The van der Waals surface area contributed by atoms with E-state index in [2.05, 4.69) is 27.4 Å². The predicted molar refractivity (Wildman–Crippen MR) is 85.8 cm³/mol. The molecule has 0 aliphatic carbocycles. The fourth-order valence-electron chi connectivity index (χ4n) is 1.70. The van der Waals surface area contributed by atoms with E-state index in [1.54, 1.807) is 11.3 Å². The summed E-state index contributed by atoms with van der Waals surface area (Å²) in [5.41, 5.74) is 7.88. The van der Waals surface area contributed by atoms with Gasteiger partial charge in [0.1, 0.15) is 5.01 Å². The lowest BCUT2D eigenvalue weighted by Gasteiger charge is -2.20. The van der Waals surface area contributed by atoms with Crippen molar-refractivity contribution >= 4 is 17.3 Å². The predicted octanol–water partition coefficient (Wildman–Crippen LogP) is 3.01. The molecule has 0 bridgehead atoms. The number of aromatic nitrogens is 1. The number of nitrogens with zero attached hydrogens (tertiary/aromatic N) is 2. The first kappa shape index (κ1) is 14.5. The molecule has 0 atom stereocenters. The van der Waals surface area contributed by atoms with Gasteiger partial charge in [-0.25, -0.2) is 9.98 Å². The smallest absolute Gasteiger partial charge is 0.189 e. The summed E-state index contributed by atoms with van der Waals surface area (Å²) in [5.74, 6) is 0.453. The maximum absolute atomic E-state index is 5.84. The van der Waals surface area contributed by atoms with E-state index in [9.17, 15) is 0 Å². The summed E-state index contributed by atoms with van der Waals surface area (Å²) in [6.07, 6.45) is 0. The minimum Gasteiger partial charge on any atom is -0.370 e. The van der Waals surface area contributed by atoms with Gasteiger partial charge >= 0.3 is 0 Å². The van der Waals surface area contributed by atoms with E-state index in [0.717, 1.165) is 16.3 Å². The summed E-state index contributed by atoms with van der Waals surface area (Å²) in [6, 6.07) is 10.1. The molecule has 3 N–H and O–H groups in total. The van der Waals surface area contributed by atoms with Crippen molar-refractivity contribution in [2.24, 2.45) is 10.7 Å². The van der Waals surface area contributed by atoms with Crippen molar-refractivity contribution in [3.63, 3.8) is 0 Å². The van der Waals surface area contributed by atoms with Crippen LogP contribution in [0.5, 0.6) is 0 Å². The molecule has 0 unspecified atom stereocenters. The van der Waals surface area contributed by atoms with Crippen LogP contribution in [0.2, 0.25) is 0 Å². The maximum Gasteiger partial charge on any atom is 0.189 e. The molecular weight excluding hydrogens is 268 g/mol. The molecule has 0 amide bonds. The SMILES string of the molecule is CC(C)(C)NC(N)=NCc1nc(-c2ccccc2)cs1. The summed E-state index contributed by atoms with van der Waals surface area (Å²) in [7, 11) is 0. The molecule has 0 fully saturated rings. The Morgan fingerprint density at radius 1 is 1.30 bits per heavy atom. The van der Waals surface area contributed by atoms with Gasteiger partial charge in [0, 0.05) is 16.5 Å². The van der Waals surface area contributed by atoms with Crippen LogP contribution in [0.1, 0.15) is 25.8 Å². The minimum absolute atomic E-state index is 0.0777. The molecule has 5 heteroatoms.